The third-order valence-corrected chi connectivity index (χ3v) is 5.54. The molecule has 160 valence electrons. The minimum absolute atomic E-state index is 0.237. The van der Waals surface area contributed by atoms with E-state index in [2.05, 4.69) is 9.97 Å². The van der Waals surface area contributed by atoms with Gasteiger partial charge in [0.15, 0.2) is 10.8 Å². The molecule has 0 saturated carbocycles. The molecular formula is C21H17F3N4O2S. The number of rotatable bonds is 6. The van der Waals surface area contributed by atoms with Gasteiger partial charge < -0.3 is 13.7 Å². The maximum absolute atomic E-state index is 13.2. The lowest BCUT2D eigenvalue weighted by atomic mass is 10.2. The number of carbonyl (C=O) groups excluding carboxylic acids is 1. The quantitative estimate of drug-likeness (QED) is 0.313. The first-order valence-corrected chi connectivity index (χ1v) is 10.2. The molecule has 0 atom stereocenters. The van der Waals surface area contributed by atoms with Gasteiger partial charge in [0.25, 0.3) is 0 Å². The van der Waals surface area contributed by atoms with Gasteiger partial charge in [-0.15, -0.1) is 0 Å². The fourth-order valence-corrected chi connectivity index (χ4v) is 4.05. The Morgan fingerprint density at radius 1 is 1.16 bits per heavy atom. The van der Waals surface area contributed by atoms with Crippen LogP contribution in [0.25, 0.3) is 16.9 Å². The average molecular weight is 446 g/mol. The molecule has 4 rings (SSSR count). The van der Waals surface area contributed by atoms with Crippen molar-refractivity contribution in [3.05, 3.63) is 72.3 Å². The molecule has 0 fully saturated rings. The molecule has 0 saturated heterocycles. The third kappa shape index (κ3) is 4.58. The number of hydrogen-bond donors (Lipinski definition) is 0. The van der Waals surface area contributed by atoms with Gasteiger partial charge in [-0.3, -0.25) is 0 Å². The minimum atomic E-state index is -4.39. The van der Waals surface area contributed by atoms with Gasteiger partial charge in [-0.05, 0) is 17.7 Å². The maximum Gasteiger partial charge on any atom is 0.406 e. The summed E-state index contributed by atoms with van der Waals surface area (Å²) in [6.45, 7) is -1.14. The van der Waals surface area contributed by atoms with Gasteiger partial charge >= 0.3 is 12.1 Å². The van der Waals surface area contributed by atoms with Gasteiger partial charge in [-0.1, -0.05) is 42.1 Å². The highest BCUT2D eigenvalue weighted by molar-refractivity contribution is 7.98. The second-order valence-corrected chi connectivity index (χ2v) is 7.60. The summed E-state index contributed by atoms with van der Waals surface area (Å²) >= 11 is 1.15. The molecule has 0 aliphatic carbocycles. The minimum Gasteiger partial charge on any atom is -0.465 e. The summed E-state index contributed by atoms with van der Waals surface area (Å²) in [6.07, 6.45) is 0.519. The molecule has 31 heavy (non-hydrogen) atoms. The number of aromatic nitrogens is 4. The summed E-state index contributed by atoms with van der Waals surface area (Å²) in [6, 6.07) is 12.1. The third-order valence-electron chi connectivity index (χ3n) is 4.51. The van der Waals surface area contributed by atoms with Crippen LogP contribution in [0.4, 0.5) is 13.2 Å². The first-order chi connectivity index (χ1) is 14.9. The highest BCUT2D eigenvalue weighted by atomic mass is 32.2. The number of ether oxygens (including phenoxy) is 1. The monoisotopic (exact) mass is 446 g/mol. The van der Waals surface area contributed by atoms with Crippen LogP contribution in [0.2, 0.25) is 0 Å². The van der Waals surface area contributed by atoms with E-state index in [9.17, 15) is 18.0 Å². The highest BCUT2D eigenvalue weighted by Crippen LogP contribution is 2.31. The number of nitrogens with zero attached hydrogens (tertiary/aromatic N) is 4. The second kappa shape index (κ2) is 8.46. The number of imidazole rings is 2. The summed E-state index contributed by atoms with van der Waals surface area (Å²) < 4.78 is 47.3. The van der Waals surface area contributed by atoms with Crippen LogP contribution < -0.4 is 0 Å². The Labute approximate surface area is 179 Å². The summed E-state index contributed by atoms with van der Waals surface area (Å²) in [5.41, 5.74) is 2.38. The molecule has 0 aliphatic heterocycles. The SMILES string of the molecule is COC(=O)c1cccn2cc(CSc3ncc(-c4ccccc4)n3CC(F)(F)F)nc12. The number of thioether (sulfide) groups is 1. The predicted molar refractivity (Wildman–Crippen MR) is 110 cm³/mol. The van der Waals surface area contributed by atoms with Gasteiger partial charge in [0.05, 0.1) is 24.7 Å². The van der Waals surface area contributed by atoms with E-state index < -0.39 is 18.7 Å². The number of fused-ring (bicyclic) bond motifs is 1. The van der Waals surface area contributed by atoms with Crippen molar-refractivity contribution < 1.29 is 22.7 Å². The molecule has 1 aromatic carbocycles. The van der Waals surface area contributed by atoms with E-state index in [1.807, 2.05) is 0 Å². The zero-order chi connectivity index (χ0) is 22.0. The number of methoxy groups -OCH3 is 1. The van der Waals surface area contributed by atoms with Gasteiger partial charge in [0, 0.05) is 18.1 Å². The summed E-state index contributed by atoms with van der Waals surface area (Å²) in [7, 11) is 1.29. The number of hydrogen-bond acceptors (Lipinski definition) is 5. The molecule has 3 heterocycles. The van der Waals surface area contributed by atoms with E-state index in [4.69, 9.17) is 4.74 Å². The van der Waals surface area contributed by atoms with Crippen molar-refractivity contribution in [2.45, 2.75) is 23.6 Å². The van der Waals surface area contributed by atoms with E-state index in [0.717, 1.165) is 16.3 Å². The van der Waals surface area contributed by atoms with E-state index in [1.54, 1.807) is 59.3 Å². The number of benzene rings is 1. The largest absolute Gasteiger partial charge is 0.465 e. The van der Waals surface area contributed by atoms with E-state index in [0.29, 0.717) is 28.2 Å². The van der Waals surface area contributed by atoms with Crippen LogP contribution in [0.3, 0.4) is 0 Å². The van der Waals surface area contributed by atoms with Crippen molar-refractivity contribution in [2.24, 2.45) is 0 Å². The number of esters is 1. The lowest BCUT2D eigenvalue weighted by Gasteiger charge is -2.14. The highest BCUT2D eigenvalue weighted by Gasteiger charge is 2.31. The first kappa shape index (κ1) is 21.0. The average Bonchev–Trinajstić information content (AvgIpc) is 3.34. The van der Waals surface area contributed by atoms with Crippen LogP contribution in [0.15, 0.2) is 66.2 Å². The Kier molecular flexibility index (Phi) is 5.73. The molecule has 10 heteroatoms. The van der Waals surface area contributed by atoms with E-state index in [1.165, 1.54) is 13.3 Å². The van der Waals surface area contributed by atoms with Crippen molar-refractivity contribution in [1.82, 2.24) is 18.9 Å². The zero-order valence-electron chi connectivity index (χ0n) is 16.3. The summed E-state index contributed by atoms with van der Waals surface area (Å²) in [5.74, 6) is -0.227. The molecule has 0 radical (unpaired) electrons. The van der Waals surface area contributed by atoms with Crippen molar-refractivity contribution in [1.29, 1.82) is 0 Å². The smallest absolute Gasteiger partial charge is 0.406 e. The van der Waals surface area contributed by atoms with Gasteiger partial charge in [0.2, 0.25) is 0 Å². The van der Waals surface area contributed by atoms with Crippen LogP contribution in [-0.2, 0) is 17.0 Å². The molecule has 0 aliphatic rings. The standard InChI is InChI=1S/C21H17F3N4O2S/c1-30-19(29)16-8-5-9-27-11-15(26-18(16)27)12-31-20-25-10-17(14-6-3-2-4-7-14)28(20)13-21(22,23)24/h2-11H,12-13H2,1H3. The molecule has 0 spiro atoms. The van der Waals surface area contributed by atoms with Crippen LogP contribution in [-0.4, -0.2) is 38.2 Å². The number of halogens is 3. The molecule has 0 amide bonds. The fraction of sp³-hybridized carbons (Fsp3) is 0.190. The van der Waals surface area contributed by atoms with Gasteiger partial charge in [-0.2, -0.15) is 13.2 Å². The maximum atomic E-state index is 13.2. The Morgan fingerprint density at radius 3 is 2.65 bits per heavy atom. The normalized spacial score (nSPS) is 11.7. The summed E-state index contributed by atoms with van der Waals surface area (Å²) in [5, 5.41) is 0.237. The first-order valence-electron chi connectivity index (χ1n) is 9.21. The van der Waals surface area contributed by atoms with E-state index >= 15 is 0 Å². The Balaban J connectivity index is 1.63. The van der Waals surface area contributed by atoms with Crippen molar-refractivity contribution in [3.63, 3.8) is 0 Å². The molecule has 0 unspecified atom stereocenters. The van der Waals surface area contributed by atoms with Crippen molar-refractivity contribution in [2.75, 3.05) is 7.11 Å². The lowest BCUT2D eigenvalue weighted by Crippen LogP contribution is -2.19. The van der Waals surface area contributed by atoms with Crippen LogP contribution in [0.1, 0.15) is 16.1 Å². The zero-order valence-corrected chi connectivity index (χ0v) is 17.2. The Bertz CT molecular complexity index is 1220. The fourth-order valence-electron chi connectivity index (χ4n) is 3.19. The molecule has 3 aromatic heterocycles. The number of carbonyl (C=O) groups is 1. The van der Waals surface area contributed by atoms with Gasteiger partial charge in [0.1, 0.15) is 12.1 Å². The number of pyridine rings is 1. The van der Waals surface area contributed by atoms with Crippen LogP contribution >= 0.6 is 11.8 Å². The Morgan fingerprint density at radius 2 is 1.94 bits per heavy atom. The molecular weight excluding hydrogens is 429 g/mol. The van der Waals surface area contributed by atoms with Crippen molar-refractivity contribution in [3.8, 4) is 11.3 Å². The topological polar surface area (TPSA) is 61.4 Å². The van der Waals surface area contributed by atoms with Crippen LogP contribution in [0.5, 0.6) is 0 Å². The predicted octanol–water partition coefficient (Wildman–Crippen LogP) is 4.84. The molecule has 0 N–H and O–H groups in total. The Hall–Kier alpha value is -3.27. The number of alkyl halides is 3. The van der Waals surface area contributed by atoms with Crippen LogP contribution in [0, 0.1) is 0 Å². The van der Waals surface area contributed by atoms with Gasteiger partial charge in [-0.25, -0.2) is 14.8 Å². The second-order valence-electron chi connectivity index (χ2n) is 6.66. The molecule has 0 bridgehead atoms. The molecule has 6 nitrogen and oxygen atoms in total. The molecule has 4 aromatic rings. The lowest BCUT2D eigenvalue weighted by molar-refractivity contribution is -0.141. The van der Waals surface area contributed by atoms with Crippen molar-refractivity contribution >= 4 is 23.4 Å². The van der Waals surface area contributed by atoms with E-state index in [-0.39, 0.29) is 10.9 Å². The summed E-state index contributed by atoms with van der Waals surface area (Å²) in [4.78, 5) is 20.6.